The van der Waals surface area contributed by atoms with Crippen LogP contribution in [-0.4, -0.2) is 33.7 Å². The topological polar surface area (TPSA) is 55.2 Å². The van der Waals surface area contributed by atoms with Crippen LogP contribution in [0.3, 0.4) is 0 Å². The van der Waals surface area contributed by atoms with Crippen molar-refractivity contribution in [1.29, 1.82) is 0 Å². The maximum Gasteiger partial charge on any atom is 0.274 e. The van der Waals surface area contributed by atoms with Crippen molar-refractivity contribution in [2.75, 3.05) is 13.1 Å². The van der Waals surface area contributed by atoms with Crippen LogP contribution in [0.2, 0.25) is 0 Å². The molecular formula is C13H19N3O2. The maximum atomic E-state index is 12.1. The Morgan fingerprint density at radius 1 is 1.33 bits per heavy atom. The largest absolute Gasteiger partial charge is 0.337 e. The number of likely N-dealkylation sites (tertiary alicyclic amines) is 1. The summed E-state index contributed by atoms with van der Waals surface area (Å²) >= 11 is 0. The number of amides is 1. The van der Waals surface area contributed by atoms with Crippen molar-refractivity contribution in [2.24, 2.45) is 5.92 Å². The Hall–Kier alpha value is -1.65. The highest BCUT2D eigenvalue weighted by Crippen LogP contribution is 2.10. The van der Waals surface area contributed by atoms with Gasteiger partial charge in [-0.3, -0.25) is 9.59 Å². The molecule has 0 N–H and O–H groups in total. The molecule has 1 aliphatic heterocycles. The lowest BCUT2D eigenvalue weighted by Gasteiger charge is -2.15. The second-order valence-corrected chi connectivity index (χ2v) is 5.13. The highest BCUT2D eigenvalue weighted by molar-refractivity contribution is 5.92. The van der Waals surface area contributed by atoms with Crippen LogP contribution in [-0.2, 0) is 6.54 Å². The fourth-order valence-electron chi connectivity index (χ4n) is 2.12. The van der Waals surface area contributed by atoms with E-state index in [1.165, 1.54) is 16.8 Å². The van der Waals surface area contributed by atoms with Gasteiger partial charge in [-0.2, -0.15) is 5.10 Å². The molecule has 2 rings (SSSR count). The third kappa shape index (κ3) is 2.78. The van der Waals surface area contributed by atoms with Crippen molar-refractivity contribution in [3.63, 3.8) is 0 Å². The van der Waals surface area contributed by atoms with E-state index in [2.05, 4.69) is 5.10 Å². The van der Waals surface area contributed by atoms with Gasteiger partial charge < -0.3 is 4.90 Å². The first-order valence-corrected chi connectivity index (χ1v) is 6.45. The Morgan fingerprint density at radius 3 is 2.61 bits per heavy atom. The summed E-state index contributed by atoms with van der Waals surface area (Å²) in [5.41, 5.74) is 0.221. The van der Waals surface area contributed by atoms with E-state index in [0.717, 1.165) is 25.9 Å². The molecule has 0 saturated carbocycles. The summed E-state index contributed by atoms with van der Waals surface area (Å²) < 4.78 is 1.38. The van der Waals surface area contributed by atoms with Gasteiger partial charge in [0.2, 0.25) is 0 Å². The predicted octanol–water partition coefficient (Wildman–Crippen LogP) is 1.14. The summed E-state index contributed by atoms with van der Waals surface area (Å²) in [6, 6.07) is 2.96. The Morgan fingerprint density at radius 2 is 2.00 bits per heavy atom. The Labute approximate surface area is 106 Å². The molecule has 0 aliphatic carbocycles. The van der Waals surface area contributed by atoms with Gasteiger partial charge in [-0.15, -0.1) is 0 Å². The number of hydrogen-bond acceptors (Lipinski definition) is 3. The molecule has 5 nitrogen and oxygen atoms in total. The summed E-state index contributed by atoms with van der Waals surface area (Å²) in [7, 11) is 0. The maximum absolute atomic E-state index is 12.1. The molecule has 1 aromatic rings. The third-order valence-electron chi connectivity index (χ3n) is 3.02. The van der Waals surface area contributed by atoms with E-state index in [1.54, 1.807) is 4.90 Å². The molecule has 1 amide bonds. The minimum atomic E-state index is -0.151. The van der Waals surface area contributed by atoms with Crippen LogP contribution in [0.4, 0.5) is 0 Å². The fraction of sp³-hybridized carbons (Fsp3) is 0.615. The SMILES string of the molecule is CC(C)Cn1nc(C(=O)N2CCCC2)ccc1=O. The zero-order valence-electron chi connectivity index (χ0n) is 10.9. The van der Waals surface area contributed by atoms with Crippen LogP contribution in [0.15, 0.2) is 16.9 Å². The molecule has 18 heavy (non-hydrogen) atoms. The quantitative estimate of drug-likeness (QED) is 0.807. The van der Waals surface area contributed by atoms with Gasteiger partial charge in [0.05, 0.1) is 0 Å². The number of carbonyl (C=O) groups is 1. The van der Waals surface area contributed by atoms with Crippen molar-refractivity contribution in [3.05, 3.63) is 28.2 Å². The monoisotopic (exact) mass is 249 g/mol. The molecule has 0 atom stereocenters. The minimum Gasteiger partial charge on any atom is -0.337 e. The lowest BCUT2D eigenvalue weighted by atomic mass is 10.2. The van der Waals surface area contributed by atoms with Crippen LogP contribution >= 0.6 is 0 Å². The van der Waals surface area contributed by atoms with E-state index >= 15 is 0 Å². The van der Waals surface area contributed by atoms with E-state index in [9.17, 15) is 9.59 Å². The highest BCUT2D eigenvalue weighted by atomic mass is 16.2. The molecule has 1 aromatic heterocycles. The number of carbonyl (C=O) groups excluding carboxylic acids is 1. The van der Waals surface area contributed by atoms with E-state index < -0.39 is 0 Å². The molecule has 1 saturated heterocycles. The average molecular weight is 249 g/mol. The molecule has 98 valence electrons. The van der Waals surface area contributed by atoms with Crippen molar-refractivity contribution in [1.82, 2.24) is 14.7 Å². The van der Waals surface area contributed by atoms with Crippen molar-refractivity contribution < 1.29 is 4.79 Å². The lowest BCUT2D eigenvalue weighted by molar-refractivity contribution is 0.0784. The first-order valence-electron chi connectivity index (χ1n) is 6.45. The smallest absolute Gasteiger partial charge is 0.274 e. The lowest BCUT2D eigenvalue weighted by Crippen LogP contribution is -2.32. The van der Waals surface area contributed by atoms with Gasteiger partial charge in [-0.1, -0.05) is 13.8 Å². The van der Waals surface area contributed by atoms with E-state index in [4.69, 9.17) is 0 Å². The number of hydrogen-bond donors (Lipinski definition) is 0. The molecule has 0 spiro atoms. The molecule has 0 bridgehead atoms. The molecule has 1 aliphatic rings. The van der Waals surface area contributed by atoms with E-state index in [-0.39, 0.29) is 11.5 Å². The molecule has 0 aromatic carbocycles. The first kappa shape index (κ1) is 12.8. The zero-order valence-corrected chi connectivity index (χ0v) is 10.9. The average Bonchev–Trinajstić information content (AvgIpc) is 2.84. The van der Waals surface area contributed by atoms with Crippen LogP contribution in [0, 0.1) is 5.92 Å². The second-order valence-electron chi connectivity index (χ2n) is 5.13. The van der Waals surface area contributed by atoms with Crippen molar-refractivity contribution in [3.8, 4) is 0 Å². The van der Waals surface area contributed by atoms with E-state index in [1.807, 2.05) is 13.8 Å². The second kappa shape index (κ2) is 5.33. The van der Waals surface area contributed by atoms with Gasteiger partial charge in [0.25, 0.3) is 11.5 Å². The summed E-state index contributed by atoms with van der Waals surface area (Å²) in [6.07, 6.45) is 2.11. The van der Waals surface area contributed by atoms with Gasteiger partial charge in [0.1, 0.15) is 5.69 Å². The molecule has 1 fully saturated rings. The number of rotatable bonds is 3. The normalized spacial score (nSPS) is 15.4. The summed E-state index contributed by atoms with van der Waals surface area (Å²) in [6.45, 7) is 6.17. The summed E-state index contributed by atoms with van der Waals surface area (Å²) in [5, 5.41) is 4.17. The zero-order chi connectivity index (χ0) is 13.1. The Kier molecular flexibility index (Phi) is 3.79. The van der Waals surface area contributed by atoms with Crippen LogP contribution in [0.25, 0.3) is 0 Å². The third-order valence-corrected chi connectivity index (χ3v) is 3.02. The first-order chi connectivity index (χ1) is 8.58. The van der Waals surface area contributed by atoms with Crippen LogP contribution in [0.1, 0.15) is 37.2 Å². The van der Waals surface area contributed by atoms with Crippen molar-refractivity contribution >= 4 is 5.91 Å². The summed E-state index contributed by atoms with van der Waals surface area (Å²) in [5.74, 6) is 0.261. The molecule has 0 radical (unpaired) electrons. The molecule has 5 heteroatoms. The van der Waals surface area contributed by atoms with Gasteiger partial charge in [-0.25, -0.2) is 4.68 Å². The predicted molar refractivity (Wildman–Crippen MR) is 68.5 cm³/mol. The standard InChI is InChI=1S/C13H19N3O2/c1-10(2)9-16-12(17)6-5-11(14-16)13(18)15-7-3-4-8-15/h5-6,10H,3-4,7-9H2,1-2H3. The summed E-state index contributed by atoms with van der Waals surface area (Å²) in [4.78, 5) is 25.6. The fourth-order valence-corrected chi connectivity index (χ4v) is 2.12. The minimum absolute atomic E-state index is 0.0648. The van der Waals surface area contributed by atoms with E-state index in [0.29, 0.717) is 18.2 Å². The number of nitrogens with zero attached hydrogens (tertiary/aromatic N) is 3. The van der Waals surface area contributed by atoms with Crippen LogP contribution < -0.4 is 5.56 Å². The Balaban J connectivity index is 2.23. The van der Waals surface area contributed by atoms with Gasteiger partial charge in [-0.05, 0) is 24.8 Å². The molecule has 0 unspecified atom stereocenters. The molecule has 2 heterocycles. The van der Waals surface area contributed by atoms with Crippen LogP contribution in [0.5, 0.6) is 0 Å². The highest BCUT2D eigenvalue weighted by Gasteiger charge is 2.21. The van der Waals surface area contributed by atoms with Crippen molar-refractivity contribution in [2.45, 2.75) is 33.2 Å². The van der Waals surface area contributed by atoms with Gasteiger partial charge in [0.15, 0.2) is 0 Å². The van der Waals surface area contributed by atoms with Gasteiger partial charge in [0, 0.05) is 25.7 Å². The molecular weight excluding hydrogens is 230 g/mol. The van der Waals surface area contributed by atoms with Gasteiger partial charge >= 0.3 is 0 Å². The number of aromatic nitrogens is 2. The Bertz CT molecular complexity index is 487.